The number of aryl methyl sites for hydroxylation is 1. The molecule has 0 atom stereocenters. The van der Waals surface area contributed by atoms with Crippen LogP contribution in [0, 0.1) is 12.7 Å². The largest absolute Gasteiger partial charge is 0.385 e. The van der Waals surface area contributed by atoms with Crippen molar-refractivity contribution in [2.24, 2.45) is 0 Å². The van der Waals surface area contributed by atoms with E-state index in [9.17, 15) is 12.8 Å². The zero-order valence-electron chi connectivity index (χ0n) is 9.46. The molecule has 1 aromatic rings. The monoisotopic (exact) mass is 245 g/mol. The van der Waals surface area contributed by atoms with Gasteiger partial charge in [0.05, 0.1) is 5.75 Å². The third kappa shape index (κ3) is 4.61. The van der Waals surface area contributed by atoms with Crippen LogP contribution in [0.1, 0.15) is 12.0 Å². The molecule has 0 bridgehead atoms. The van der Waals surface area contributed by atoms with E-state index in [1.54, 1.807) is 6.07 Å². The van der Waals surface area contributed by atoms with Gasteiger partial charge in [-0.15, -0.1) is 0 Å². The van der Waals surface area contributed by atoms with E-state index in [0.29, 0.717) is 13.0 Å². The number of nitrogens with one attached hydrogen (secondary N) is 1. The Morgan fingerprint density at radius 3 is 2.62 bits per heavy atom. The lowest BCUT2D eigenvalue weighted by molar-refractivity contribution is 0.600. The zero-order chi connectivity index (χ0) is 12.2. The smallest absolute Gasteiger partial charge is 0.147 e. The fraction of sp³-hybridized carbons (Fsp3) is 0.455. The van der Waals surface area contributed by atoms with Gasteiger partial charge >= 0.3 is 0 Å². The Kier molecular flexibility index (Phi) is 4.29. The Labute approximate surface area is 95.6 Å². The third-order valence-electron chi connectivity index (χ3n) is 2.20. The van der Waals surface area contributed by atoms with Gasteiger partial charge in [-0.1, -0.05) is 0 Å². The van der Waals surface area contributed by atoms with Crippen LogP contribution in [0.2, 0.25) is 0 Å². The average molecular weight is 245 g/mol. The topological polar surface area (TPSA) is 46.2 Å². The minimum absolute atomic E-state index is 0.167. The van der Waals surface area contributed by atoms with Crippen molar-refractivity contribution < 1.29 is 12.8 Å². The van der Waals surface area contributed by atoms with Gasteiger partial charge in [-0.05, 0) is 37.1 Å². The van der Waals surface area contributed by atoms with Gasteiger partial charge in [-0.25, -0.2) is 12.8 Å². The van der Waals surface area contributed by atoms with Crippen LogP contribution >= 0.6 is 0 Å². The molecule has 16 heavy (non-hydrogen) atoms. The summed E-state index contributed by atoms with van der Waals surface area (Å²) < 4.78 is 34.5. The predicted molar refractivity (Wildman–Crippen MR) is 64.0 cm³/mol. The van der Waals surface area contributed by atoms with Crippen molar-refractivity contribution >= 4 is 15.5 Å². The summed E-state index contributed by atoms with van der Waals surface area (Å²) in [6.07, 6.45) is 1.77. The molecule has 0 radical (unpaired) electrons. The summed E-state index contributed by atoms with van der Waals surface area (Å²) in [5.74, 6) is -0.0977. The van der Waals surface area contributed by atoms with Crippen molar-refractivity contribution in [3.8, 4) is 0 Å². The first-order valence-electron chi connectivity index (χ1n) is 5.06. The summed E-state index contributed by atoms with van der Waals surface area (Å²) in [4.78, 5) is 0. The zero-order valence-corrected chi connectivity index (χ0v) is 10.3. The number of anilines is 1. The first-order valence-corrected chi connectivity index (χ1v) is 7.12. The second-order valence-electron chi connectivity index (χ2n) is 3.87. The predicted octanol–water partition coefficient (Wildman–Crippen LogP) is 1.98. The molecule has 0 fully saturated rings. The van der Waals surface area contributed by atoms with Gasteiger partial charge in [0.1, 0.15) is 15.7 Å². The Morgan fingerprint density at radius 2 is 2.06 bits per heavy atom. The quantitative estimate of drug-likeness (QED) is 0.807. The highest BCUT2D eigenvalue weighted by Gasteiger charge is 2.02. The number of rotatable bonds is 5. The highest BCUT2D eigenvalue weighted by Crippen LogP contribution is 2.15. The standard InChI is InChI=1S/C11H16FNO2S/c1-9-8-10(12)4-5-11(9)13-6-3-7-16(2,14)15/h4-5,8,13H,3,6-7H2,1-2H3. The molecule has 1 rings (SSSR count). The van der Waals surface area contributed by atoms with Gasteiger partial charge in [0.2, 0.25) is 0 Å². The maximum absolute atomic E-state index is 12.8. The molecule has 0 aliphatic heterocycles. The number of halogens is 1. The SMILES string of the molecule is Cc1cc(F)ccc1NCCCS(C)(=O)=O. The number of benzene rings is 1. The van der Waals surface area contributed by atoms with Crippen LogP contribution in [-0.2, 0) is 9.84 Å². The molecule has 0 unspecified atom stereocenters. The van der Waals surface area contributed by atoms with Crippen LogP contribution < -0.4 is 5.32 Å². The van der Waals surface area contributed by atoms with Gasteiger partial charge in [-0.2, -0.15) is 0 Å². The van der Waals surface area contributed by atoms with E-state index >= 15 is 0 Å². The van der Waals surface area contributed by atoms with Gasteiger partial charge in [0, 0.05) is 18.5 Å². The van der Waals surface area contributed by atoms with Crippen LogP contribution in [0.15, 0.2) is 18.2 Å². The number of sulfone groups is 1. The van der Waals surface area contributed by atoms with Gasteiger partial charge in [0.25, 0.3) is 0 Å². The van der Waals surface area contributed by atoms with Gasteiger partial charge in [0.15, 0.2) is 0 Å². The van der Waals surface area contributed by atoms with Gasteiger partial charge < -0.3 is 5.32 Å². The molecule has 1 aromatic carbocycles. The van der Waals surface area contributed by atoms with Crippen LogP contribution in [-0.4, -0.2) is 27.0 Å². The summed E-state index contributed by atoms with van der Waals surface area (Å²) in [6.45, 7) is 2.38. The van der Waals surface area contributed by atoms with Crippen molar-refractivity contribution in [3.63, 3.8) is 0 Å². The lowest BCUT2D eigenvalue weighted by Gasteiger charge is -2.08. The fourth-order valence-electron chi connectivity index (χ4n) is 1.38. The fourth-order valence-corrected chi connectivity index (χ4v) is 2.05. The van der Waals surface area contributed by atoms with Crippen molar-refractivity contribution in [1.82, 2.24) is 0 Å². The molecular formula is C11H16FNO2S. The molecule has 1 N–H and O–H groups in total. The third-order valence-corrected chi connectivity index (χ3v) is 3.23. The van der Waals surface area contributed by atoms with Crippen LogP contribution in [0.4, 0.5) is 10.1 Å². The molecule has 0 saturated heterocycles. The van der Waals surface area contributed by atoms with Gasteiger partial charge in [-0.3, -0.25) is 0 Å². The maximum Gasteiger partial charge on any atom is 0.147 e. The second kappa shape index (κ2) is 5.30. The second-order valence-corrected chi connectivity index (χ2v) is 6.13. The Hall–Kier alpha value is -1.10. The summed E-state index contributed by atoms with van der Waals surface area (Å²) in [5.41, 5.74) is 1.66. The van der Waals surface area contributed by atoms with E-state index in [1.165, 1.54) is 18.4 Å². The van der Waals surface area contributed by atoms with Crippen molar-refractivity contribution in [2.75, 3.05) is 23.9 Å². The minimum Gasteiger partial charge on any atom is -0.385 e. The van der Waals surface area contributed by atoms with E-state index in [4.69, 9.17) is 0 Å². The van der Waals surface area contributed by atoms with E-state index < -0.39 is 9.84 Å². The van der Waals surface area contributed by atoms with E-state index in [-0.39, 0.29) is 11.6 Å². The summed E-state index contributed by atoms with van der Waals surface area (Å²) in [5, 5.41) is 3.08. The van der Waals surface area contributed by atoms with Crippen molar-refractivity contribution in [2.45, 2.75) is 13.3 Å². The molecule has 0 aliphatic carbocycles. The average Bonchev–Trinajstić information content (AvgIpc) is 2.13. The number of hydrogen-bond acceptors (Lipinski definition) is 3. The van der Waals surface area contributed by atoms with Crippen LogP contribution in [0.5, 0.6) is 0 Å². The first kappa shape index (κ1) is 13.0. The molecule has 3 nitrogen and oxygen atoms in total. The molecular weight excluding hydrogens is 229 g/mol. The molecule has 0 spiro atoms. The molecule has 0 amide bonds. The van der Waals surface area contributed by atoms with E-state index in [2.05, 4.69) is 5.32 Å². The Bertz CT molecular complexity index is 457. The highest BCUT2D eigenvalue weighted by molar-refractivity contribution is 7.90. The molecule has 5 heteroatoms. The molecule has 0 heterocycles. The molecule has 0 aliphatic rings. The lowest BCUT2D eigenvalue weighted by Crippen LogP contribution is -2.10. The lowest BCUT2D eigenvalue weighted by atomic mass is 10.2. The van der Waals surface area contributed by atoms with Crippen LogP contribution in [0.25, 0.3) is 0 Å². The van der Waals surface area contributed by atoms with Crippen molar-refractivity contribution in [1.29, 1.82) is 0 Å². The normalized spacial score (nSPS) is 11.4. The van der Waals surface area contributed by atoms with E-state index in [0.717, 1.165) is 11.3 Å². The highest BCUT2D eigenvalue weighted by atomic mass is 32.2. The summed E-state index contributed by atoms with van der Waals surface area (Å²) >= 11 is 0. The minimum atomic E-state index is -2.90. The summed E-state index contributed by atoms with van der Waals surface area (Å²) in [7, 11) is -2.90. The molecule has 0 aromatic heterocycles. The Balaban J connectivity index is 2.43. The van der Waals surface area contributed by atoms with Crippen molar-refractivity contribution in [3.05, 3.63) is 29.6 Å². The molecule has 90 valence electrons. The van der Waals surface area contributed by atoms with E-state index in [1.807, 2.05) is 6.92 Å². The Morgan fingerprint density at radius 1 is 1.38 bits per heavy atom. The summed E-state index contributed by atoms with van der Waals surface area (Å²) in [6, 6.07) is 4.48. The molecule has 0 saturated carbocycles. The first-order chi connectivity index (χ1) is 7.38. The van der Waals surface area contributed by atoms with Crippen LogP contribution in [0.3, 0.4) is 0 Å². The number of hydrogen-bond donors (Lipinski definition) is 1. The maximum atomic E-state index is 12.8.